The average Bonchev–Trinajstić information content (AvgIpc) is 2.83. The molecule has 100 valence electrons. The molecule has 0 aliphatic heterocycles. The summed E-state index contributed by atoms with van der Waals surface area (Å²) < 4.78 is 5.54. The van der Waals surface area contributed by atoms with Gasteiger partial charge in [-0.2, -0.15) is 0 Å². The van der Waals surface area contributed by atoms with E-state index < -0.39 is 0 Å². The van der Waals surface area contributed by atoms with Crippen LogP contribution >= 0.6 is 0 Å². The maximum Gasteiger partial charge on any atom is 0.228 e. The fourth-order valence-electron chi connectivity index (χ4n) is 1.75. The molecule has 0 radical (unpaired) electrons. The number of hydrogen-bond acceptors (Lipinski definition) is 2. The summed E-state index contributed by atoms with van der Waals surface area (Å²) in [5.41, 5.74) is 1.74. The smallest absolute Gasteiger partial charge is 0.228 e. The van der Waals surface area contributed by atoms with E-state index in [-0.39, 0.29) is 12.0 Å². The highest BCUT2D eigenvalue weighted by molar-refractivity contribution is 5.92. The Balaban J connectivity index is 1.90. The first-order chi connectivity index (χ1) is 9.13. The lowest BCUT2D eigenvalue weighted by atomic mass is 10.2. The monoisotopic (exact) mass is 258 g/mol. The van der Waals surface area contributed by atoms with Gasteiger partial charge < -0.3 is 15.0 Å². The fourth-order valence-corrected chi connectivity index (χ4v) is 1.75. The molecule has 0 unspecified atom stereocenters. The molecule has 0 fully saturated rings. The molecule has 0 aliphatic carbocycles. The summed E-state index contributed by atoms with van der Waals surface area (Å²) in [5.74, 6) is 0.774. The molecule has 0 saturated carbocycles. The van der Waals surface area contributed by atoms with Crippen molar-refractivity contribution in [2.24, 2.45) is 0 Å². The van der Waals surface area contributed by atoms with E-state index >= 15 is 0 Å². The van der Waals surface area contributed by atoms with Crippen molar-refractivity contribution in [2.45, 2.75) is 26.4 Å². The van der Waals surface area contributed by atoms with E-state index in [1.165, 1.54) is 0 Å². The van der Waals surface area contributed by atoms with E-state index in [0.717, 1.165) is 17.0 Å². The molecule has 2 N–H and O–H groups in total. The molecule has 0 aliphatic rings. The van der Waals surface area contributed by atoms with Gasteiger partial charge in [0.1, 0.15) is 5.75 Å². The zero-order chi connectivity index (χ0) is 13.7. The van der Waals surface area contributed by atoms with Crippen molar-refractivity contribution in [2.75, 3.05) is 5.32 Å². The van der Waals surface area contributed by atoms with Crippen LogP contribution in [0.1, 0.15) is 19.4 Å². The Labute approximate surface area is 112 Å². The van der Waals surface area contributed by atoms with E-state index in [1.807, 2.05) is 50.4 Å². The summed E-state index contributed by atoms with van der Waals surface area (Å²) in [4.78, 5) is 14.7. The highest BCUT2D eigenvalue weighted by Crippen LogP contribution is 2.17. The molecule has 1 aromatic carbocycles. The minimum absolute atomic E-state index is 0.0304. The van der Waals surface area contributed by atoms with Crippen LogP contribution in [0, 0.1) is 0 Å². The van der Waals surface area contributed by atoms with Crippen molar-refractivity contribution < 1.29 is 9.53 Å². The zero-order valence-corrected chi connectivity index (χ0v) is 11.1. The Morgan fingerprint density at radius 2 is 2.00 bits per heavy atom. The number of hydrogen-bond donors (Lipinski definition) is 2. The second kappa shape index (κ2) is 6.09. The van der Waals surface area contributed by atoms with Gasteiger partial charge in [0.05, 0.1) is 12.5 Å². The van der Waals surface area contributed by atoms with Crippen molar-refractivity contribution in [3.8, 4) is 5.75 Å². The molecule has 0 atom stereocenters. The van der Waals surface area contributed by atoms with Crippen molar-refractivity contribution in [3.63, 3.8) is 0 Å². The van der Waals surface area contributed by atoms with Gasteiger partial charge in [0, 0.05) is 18.1 Å². The summed E-state index contributed by atoms with van der Waals surface area (Å²) in [7, 11) is 0. The lowest BCUT2D eigenvalue weighted by molar-refractivity contribution is -0.115. The number of rotatable bonds is 5. The largest absolute Gasteiger partial charge is 0.491 e. The minimum atomic E-state index is -0.0304. The predicted octanol–water partition coefficient (Wildman–Crippen LogP) is 2.98. The number of H-pyrrole nitrogens is 1. The zero-order valence-electron chi connectivity index (χ0n) is 11.1. The van der Waals surface area contributed by atoms with Gasteiger partial charge >= 0.3 is 0 Å². The summed E-state index contributed by atoms with van der Waals surface area (Å²) in [6.07, 6.45) is 4.14. The van der Waals surface area contributed by atoms with Gasteiger partial charge in [-0.1, -0.05) is 0 Å². The van der Waals surface area contributed by atoms with E-state index in [9.17, 15) is 4.79 Å². The van der Waals surface area contributed by atoms with Crippen LogP contribution in [0.2, 0.25) is 0 Å². The molecule has 19 heavy (non-hydrogen) atoms. The van der Waals surface area contributed by atoms with Gasteiger partial charge in [0.25, 0.3) is 0 Å². The lowest BCUT2D eigenvalue weighted by Crippen LogP contribution is -2.14. The van der Waals surface area contributed by atoms with Crippen LogP contribution in [0.5, 0.6) is 5.75 Å². The van der Waals surface area contributed by atoms with Crippen molar-refractivity contribution in [1.29, 1.82) is 0 Å². The summed E-state index contributed by atoms with van der Waals surface area (Å²) in [5, 5.41) is 2.85. The SMILES string of the molecule is CC(C)Oc1ccc(NC(=O)Cc2cc[nH]c2)cc1. The standard InChI is InChI=1S/C15H18N2O2/c1-11(2)19-14-5-3-13(4-6-14)17-15(18)9-12-7-8-16-10-12/h3-8,10-11,16H,9H2,1-2H3,(H,17,18). The van der Waals surface area contributed by atoms with Gasteiger partial charge in [-0.25, -0.2) is 0 Å². The fraction of sp³-hybridized carbons (Fsp3) is 0.267. The lowest BCUT2D eigenvalue weighted by Gasteiger charge is -2.10. The van der Waals surface area contributed by atoms with Crippen LogP contribution < -0.4 is 10.1 Å². The Morgan fingerprint density at radius 1 is 1.26 bits per heavy atom. The second-order valence-electron chi connectivity index (χ2n) is 4.64. The Bertz CT molecular complexity index is 516. The third kappa shape index (κ3) is 4.17. The summed E-state index contributed by atoms with van der Waals surface area (Å²) in [6.45, 7) is 3.96. The molecule has 0 spiro atoms. The molecular formula is C15H18N2O2. The van der Waals surface area contributed by atoms with Gasteiger partial charge in [-0.3, -0.25) is 4.79 Å². The molecule has 2 rings (SSSR count). The number of anilines is 1. The molecule has 4 nitrogen and oxygen atoms in total. The van der Waals surface area contributed by atoms with Gasteiger partial charge in [-0.15, -0.1) is 0 Å². The van der Waals surface area contributed by atoms with Crippen LogP contribution in [0.4, 0.5) is 5.69 Å². The quantitative estimate of drug-likeness (QED) is 0.866. The van der Waals surface area contributed by atoms with Gasteiger partial charge in [-0.05, 0) is 49.7 Å². The number of ether oxygens (including phenoxy) is 1. The highest BCUT2D eigenvalue weighted by atomic mass is 16.5. The van der Waals surface area contributed by atoms with Crippen LogP contribution in [0.3, 0.4) is 0 Å². The number of carbonyl (C=O) groups is 1. The maximum absolute atomic E-state index is 11.8. The molecule has 2 aromatic rings. The number of aromatic amines is 1. The molecular weight excluding hydrogens is 240 g/mol. The van der Waals surface area contributed by atoms with Crippen LogP contribution in [0.15, 0.2) is 42.7 Å². The molecule has 1 amide bonds. The van der Waals surface area contributed by atoms with Gasteiger partial charge in [0.2, 0.25) is 5.91 Å². The van der Waals surface area contributed by atoms with Crippen LogP contribution in [-0.4, -0.2) is 17.0 Å². The Kier molecular flexibility index (Phi) is 4.23. The number of amides is 1. The normalized spacial score (nSPS) is 10.5. The van der Waals surface area contributed by atoms with Crippen molar-refractivity contribution in [3.05, 3.63) is 48.3 Å². The molecule has 1 heterocycles. The van der Waals surface area contributed by atoms with Crippen LogP contribution in [-0.2, 0) is 11.2 Å². The third-order valence-electron chi connectivity index (χ3n) is 2.54. The molecule has 0 saturated heterocycles. The number of aromatic nitrogens is 1. The number of benzene rings is 1. The first kappa shape index (κ1) is 13.2. The minimum Gasteiger partial charge on any atom is -0.491 e. The van der Waals surface area contributed by atoms with E-state index in [2.05, 4.69) is 10.3 Å². The molecule has 4 heteroatoms. The van der Waals surface area contributed by atoms with E-state index in [4.69, 9.17) is 4.74 Å². The predicted molar refractivity (Wildman–Crippen MR) is 75.3 cm³/mol. The molecule has 0 bridgehead atoms. The van der Waals surface area contributed by atoms with Crippen LogP contribution in [0.25, 0.3) is 0 Å². The van der Waals surface area contributed by atoms with Crippen molar-refractivity contribution >= 4 is 11.6 Å². The summed E-state index contributed by atoms with van der Waals surface area (Å²) >= 11 is 0. The Hall–Kier alpha value is -2.23. The third-order valence-corrected chi connectivity index (χ3v) is 2.54. The molecule has 1 aromatic heterocycles. The van der Waals surface area contributed by atoms with Crippen molar-refractivity contribution in [1.82, 2.24) is 4.98 Å². The summed E-state index contributed by atoms with van der Waals surface area (Å²) in [6, 6.07) is 9.27. The van der Waals surface area contributed by atoms with E-state index in [1.54, 1.807) is 6.20 Å². The van der Waals surface area contributed by atoms with E-state index in [0.29, 0.717) is 6.42 Å². The first-order valence-electron chi connectivity index (χ1n) is 6.32. The second-order valence-corrected chi connectivity index (χ2v) is 4.64. The Morgan fingerprint density at radius 3 is 2.58 bits per heavy atom. The topological polar surface area (TPSA) is 54.1 Å². The van der Waals surface area contributed by atoms with Gasteiger partial charge in [0.15, 0.2) is 0 Å². The maximum atomic E-state index is 11.8. The first-order valence-corrected chi connectivity index (χ1v) is 6.32. The highest BCUT2D eigenvalue weighted by Gasteiger charge is 2.05. The number of nitrogens with one attached hydrogen (secondary N) is 2. The average molecular weight is 258 g/mol. The number of carbonyl (C=O) groups excluding carboxylic acids is 1.